The maximum Gasteiger partial charge on any atom is 0.257 e. The van der Waals surface area contributed by atoms with Crippen LogP contribution in [0, 0.1) is 0 Å². The highest BCUT2D eigenvalue weighted by Crippen LogP contribution is 2.19. The average Bonchev–Trinajstić information content (AvgIpc) is 2.74. The Morgan fingerprint density at radius 3 is 2.50 bits per heavy atom. The van der Waals surface area contributed by atoms with Crippen molar-refractivity contribution < 1.29 is 9.59 Å². The third-order valence-electron chi connectivity index (χ3n) is 2.15. The van der Waals surface area contributed by atoms with E-state index >= 15 is 0 Å². The zero-order valence-corrected chi connectivity index (χ0v) is 12.2. The van der Waals surface area contributed by atoms with E-state index in [-0.39, 0.29) is 22.3 Å². The molecule has 0 aliphatic rings. The Kier molecular flexibility index (Phi) is 4.53. The fourth-order valence-corrected chi connectivity index (χ4v) is 2.56. The highest BCUT2D eigenvalue weighted by molar-refractivity contribution is 7.14. The van der Waals surface area contributed by atoms with Crippen molar-refractivity contribution in [2.24, 2.45) is 5.73 Å². The number of nitrogens with zero attached hydrogens (tertiary/aromatic N) is 2. The molecule has 20 heavy (non-hydrogen) atoms. The normalized spacial score (nSPS) is 10.3. The number of anilines is 1. The number of amides is 2. The first-order valence-corrected chi connectivity index (χ1v) is 6.95. The molecule has 3 N–H and O–H groups in total. The van der Waals surface area contributed by atoms with Crippen molar-refractivity contribution in [2.75, 3.05) is 5.32 Å². The molecule has 0 radical (unpaired) electrons. The fourth-order valence-electron chi connectivity index (χ4n) is 1.39. The summed E-state index contributed by atoms with van der Waals surface area (Å²) in [5.41, 5.74) is 5.83. The Balaban J connectivity index is 2.11. The molecule has 104 valence electrons. The number of hydrogen-bond donors (Lipinski definition) is 2. The Bertz CT molecular complexity index is 654. The van der Waals surface area contributed by atoms with Gasteiger partial charge in [-0.25, -0.2) is 9.97 Å². The summed E-state index contributed by atoms with van der Waals surface area (Å²) < 4.78 is 0. The van der Waals surface area contributed by atoms with Crippen LogP contribution in [-0.4, -0.2) is 21.8 Å². The fraction of sp³-hybridized carbons (Fsp3) is 0.0909. The first kappa shape index (κ1) is 14.7. The molecule has 2 aromatic rings. The first-order chi connectivity index (χ1) is 9.44. The number of thiazole rings is 1. The number of nitrogens with two attached hydrogens (primary N) is 1. The molecule has 0 bridgehead atoms. The predicted octanol–water partition coefficient (Wildman–Crippen LogP) is 2.12. The van der Waals surface area contributed by atoms with Gasteiger partial charge < -0.3 is 5.73 Å². The van der Waals surface area contributed by atoms with Crippen molar-refractivity contribution in [3.63, 3.8) is 0 Å². The Hall–Kier alpha value is -1.70. The van der Waals surface area contributed by atoms with E-state index in [4.69, 9.17) is 28.9 Å². The minimum atomic E-state index is -0.485. The number of primary amides is 1. The Morgan fingerprint density at radius 2 is 1.90 bits per heavy atom. The second-order valence-electron chi connectivity index (χ2n) is 3.74. The van der Waals surface area contributed by atoms with Crippen molar-refractivity contribution in [3.8, 4) is 0 Å². The smallest absolute Gasteiger partial charge is 0.257 e. The van der Waals surface area contributed by atoms with Gasteiger partial charge in [0, 0.05) is 10.9 Å². The number of hydrogen-bond acceptors (Lipinski definition) is 5. The molecule has 0 aliphatic carbocycles. The second kappa shape index (κ2) is 6.17. The van der Waals surface area contributed by atoms with Gasteiger partial charge in [-0.2, -0.15) is 0 Å². The highest BCUT2D eigenvalue weighted by Gasteiger charge is 2.12. The van der Waals surface area contributed by atoms with E-state index in [1.165, 1.54) is 23.5 Å². The molecule has 2 aromatic heterocycles. The van der Waals surface area contributed by atoms with Crippen LogP contribution in [-0.2, 0) is 11.2 Å². The first-order valence-electron chi connectivity index (χ1n) is 5.31. The highest BCUT2D eigenvalue weighted by atomic mass is 35.5. The number of halogens is 2. The maximum absolute atomic E-state index is 12.0. The molecular formula is C11H8Cl2N4O2S. The topological polar surface area (TPSA) is 98.0 Å². The molecule has 0 unspecified atom stereocenters. The molecule has 0 fully saturated rings. The van der Waals surface area contributed by atoms with E-state index in [9.17, 15) is 9.59 Å². The third kappa shape index (κ3) is 3.89. The lowest BCUT2D eigenvalue weighted by Crippen LogP contribution is -2.14. The van der Waals surface area contributed by atoms with E-state index in [1.54, 1.807) is 5.38 Å². The van der Waals surface area contributed by atoms with E-state index in [1.807, 2.05) is 0 Å². The molecule has 0 aliphatic heterocycles. The monoisotopic (exact) mass is 330 g/mol. The third-order valence-corrected chi connectivity index (χ3v) is 3.35. The van der Waals surface area contributed by atoms with Crippen LogP contribution in [0.1, 0.15) is 16.1 Å². The minimum Gasteiger partial charge on any atom is -0.369 e. The maximum atomic E-state index is 12.0. The summed E-state index contributed by atoms with van der Waals surface area (Å²) in [5.74, 6) is -0.906. The summed E-state index contributed by atoms with van der Waals surface area (Å²) in [6.07, 6.45) is 0.0271. The summed E-state index contributed by atoms with van der Waals surface area (Å²) in [6, 6.07) is 2.78. The van der Waals surface area contributed by atoms with Crippen LogP contribution < -0.4 is 11.1 Å². The Morgan fingerprint density at radius 1 is 1.25 bits per heavy atom. The predicted molar refractivity (Wildman–Crippen MR) is 77.2 cm³/mol. The lowest BCUT2D eigenvalue weighted by atomic mass is 10.2. The molecule has 2 rings (SSSR count). The van der Waals surface area contributed by atoms with Gasteiger partial charge in [0.05, 0.1) is 12.1 Å². The zero-order chi connectivity index (χ0) is 14.7. The van der Waals surface area contributed by atoms with Crippen LogP contribution in [0.15, 0.2) is 17.5 Å². The van der Waals surface area contributed by atoms with Gasteiger partial charge in [0.25, 0.3) is 5.91 Å². The number of rotatable bonds is 4. The number of aromatic nitrogens is 2. The van der Waals surface area contributed by atoms with Crippen LogP contribution in [0.2, 0.25) is 10.3 Å². The molecule has 0 atom stereocenters. The van der Waals surface area contributed by atoms with Crippen molar-refractivity contribution in [1.29, 1.82) is 0 Å². The zero-order valence-electron chi connectivity index (χ0n) is 9.89. The van der Waals surface area contributed by atoms with Crippen LogP contribution in [0.25, 0.3) is 0 Å². The summed E-state index contributed by atoms with van der Waals surface area (Å²) in [5, 5.41) is 4.82. The van der Waals surface area contributed by atoms with Crippen molar-refractivity contribution in [2.45, 2.75) is 6.42 Å². The molecule has 0 spiro atoms. The lowest BCUT2D eigenvalue weighted by Gasteiger charge is -2.02. The standard InChI is InChI=1S/C11H8Cl2N4O2S/c12-7-1-5(2-8(13)16-7)10(19)17-11-15-6(4-20-11)3-9(14)18/h1-2,4H,3H2,(H2,14,18)(H,15,17,19). The number of nitrogens with one attached hydrogen (secondary N) is 1. The summed E-state index contributed by atoms with van der Waals surface area (Å²) >= 11 is 12.6. The van der Waals surface area contributed by atoms with Crippen molar-refractivity contribution >= 4 is 51.5 Å². The molecule has 9 heteroatoms. The van der Waals surface area contributed by atoms with Gasteiger partial charge in [-0.3, -0.25) is 14.9 Å². The van der Waals surface area contributed by atoms with Gasteiger partial charge in [-0.1, -0.05) is 23.2 Å². The van der Waals surface area contributed by atoms with Gasteiger partial charge in [0.1, 0.15) is 10.3 Å². The minimum absolute atomic E-state index is 0.0271. The van der Waals surface area contributed by atoms with Crippen molar-refractivity contribution in [3.05, 3.63) is 39.1 Å². The van der Waals surface area contributed by atoms with E-state index in [2.05, 4.69) is 15.3 Å². The van der Waals surface area contributed by atoms with E-state index < -0.39 is 11.8 Å². The molecule has 0 saturated heterocycles. The van der Waals surface area contributed by atoms with Gasteiger partial charge in [0.2, 0.25) is 5.91 Å². The number of carbonyl (C=O) groups is 2. The molecule has 2 amide bonds. The number of carbonyl (C=O) groups excluding carboxylic acids is 2. The summed E-state index contributed by atoms with van der Waals surface area (Å²) in [4.78, 5) is 30.5. The summed E-state index contributed by atoms with van der Waals surface area (Å²) in [7, 11) is 0. The number of pyridine rings is 1. The molecule has 0 saturated carbocycles. The van der Waals surface area contributed by atoms with Crippen LogP contribution in [0.3, 0.4) is 0 Å². The average molecular weight is 331 g/mol. The van der Waals surface area contributed by atoms with Gasteiger partial charge >= 0.3 is 0 Å². The Labute approximate surface area is 127 Å². The lowest BCUT2D eigenvalue weighted by molar-refractivity contribution is -0.117. The SMILES string of the molecule is NC(=O)Cc1csc(NC(=O)c2cc(Cl)nc(Cl)c2)n1. The van der Waals surface area contributed by atoms with Crippen LogP contribution >= 0.6 is 34.5 Å². The molecule has 2 heterocycles. The van der Waals surface area contributed by atoms with Crippen molar-refractivity contribution in [1.82, 2.24) is 9.97 Å². The van der Waals surface area contributed by atoms with E-state index in [0.717, 1.165) is 0 Å². The second-order valence-corrected chi connectivity index (χ2v) is 5.38. The largest absolute Gasteiger partial charge is 0.369 e. The molecule has 6 nitrogen and oxygen atoms in total. The molecule has 0 aromatic carbocycles. The quantitative estimate of drug-likeness (QED) is 0.839. The summed E-state index contributed by atoms with van der Waals surface area (Å²) in [6.45, 7) is 0. The molecular weight excluding hydrogens is 323 g/mol. The van der Waals surface area contributed by atoms with Gasteiger partial charge in [0.15, 0.2) is 5.13 Å². The van der Waals surface area contributed by atoms with E-state index in [0.29, 0.717) is 10.8 Å². The van der Waals surface area contributed by atoms with Crippen LogP contribution in [0.5, 0.6) is 0 Å². The van der Waals surface area contributed by atoms with Gasteiger partial charge in [-0.15, -0.1) is 11.3 Å². The van der Waals surface area contributed by atoms with Crippen LogP contribution in [0.4, 0.5) is 5.13 Å². The van der Waals surface area contributed by atoms with Gasteiger partial charge in [-0.05, 0) is 12.1 Å².